The van der Waals surface area contributed by atoms with Gasteiger partial charge in [0.1, 0.15) is 0 Å². The Bertz CT molecular complexity index is 232. The first-order valence-corrected chi connectivity index (χ1v) is 4.93. The normalized spacial score (nSPS) is 19.0. The SMILES string of the molecule is COC(=O)C(=O)NCC1(C)CCCC1. The van der Waals surface area contributed by atoms with Crippen LogP contribution in [0.5, 0.6) is 0 Å². The van der Waals surface area contributed by atoms with E-state index in [1.807, 2.05) is 0 Å². The Morgan fingerprint density at radius 3 is 2.43 bits per heavy atom. The summed E-state index contributed by atoms with van der Waals surface area (Å²) in [5.41, 5.74) is 0.170. The molecule has 1 rings (SSSR count). The van der Waals surface area contributed by atoms with Crippen molar-refractivity contribution in [2.24, 2.45) is 5.41 Å². The maximum atomic E-state index is 11.1. The first kappa shape index (κ1) is 11.0. The third-order valence-corrected chi connectivity index (χ3v) is 2.86. The minimum atomic E-state index is -0.813. The van der Waals surface area contributed by atoms with E-state index in [1.54, 1.807) is 0 Å². The van der Waals surface area contributed by atoms with Crippen LogP contribution in [0.4, 0.5) is 0 Å². The zero-order valence-electron chi connectivity index (χ0n) is 8.76. The molecule has 0 aromatic rings. The monoisotopic (exact) mass is 199 g/mol. The zero-order valence-corrected chi connectivity index (χ0v) is 8.76. The fraction of sp³-hybridized carbons (Fsp3) is 0.800. The molecule has 80 valence electrons. The van der Waals surface area contributed by atoms with Gasteiger partial charge in [-0.25, -0.2) is 4.79 Å². The number of esters is 1. The van der Waals surface area contributed by atoms with E-state index in [-0.39, 0.29) is 5.41 Å². The molecular weight excluding hydrogens is 182 g/mol. The Balaban J connectivity index is 2.32. The summed E-state index contributed by atoms with van der Waals surface area (Å²) < 4.78 is 4.31. The summed E-state index contributed by atoms with van der Waals surface area (Å²) >= 11 is 0. The highest BCUT2D eigenvalue weighted by Gasteiger charge is 2.29. The van der Waals surface area contributed by atoms with E-state index in [0.29, 0.717) is 6.54 Å². The van der Waals surface area contributed by atoms with Gasteiger partial charge >= 0.3 is 11.9 Å². The van der Waals surface area contributed by atoms with E-state index in [4.69, 9.17) is 0 Å². The zero-order chi connectivity index (χ0) is 10.6. The van der Waals surface area contributed by atoms with E-state index in [9.17, 15) is 9.59 Å². The number of carbonyl (C=O) groups is 2. The van der Waals surface area contributed by atoms with Gasteiger partial charge in [0.2, 0.25) is 0 Å². The van der Waals surface area contributed by atoms with Crippen LogP contribution in [0.15, 0.2) is 0 Å². The maximum absolute atomic E-state index is 11.1. The molecule has 0 aliphatic heterocycles. The van der Waals surface area contributed by atoms with Crippen LogP contribution in [-0.2, 0) is 14.3 Å². The highest BCUT2D eigenvalue weighted by atomic mass is 16.5. The average molecular weight is 199 g/mol. The third-order valence-electron chi connectivity index (χ3n) is 2.86. The summed E-state index contributed by atoms with van der Waals surface area (Å²) in [5, 5.41) is 2.60. The van der Waals surface area contributed by atoms with Crippen molar-refractivity contribution < 1.29 is 14.3 Å². The summed E-state index contributed by atoms with van der Waals surface area (Å²) in [6, 6.07) is 0. The van der Waals surface area contributed by atoms with Crippen molar-refractivity contribution in [1.29, 1.82) is 0 Å². The summed E-state index contributed by atoms with van der Waals surface area (Å²) in [6.07, 6.45) is 4.66. The van der Waals surface area contributed by atoms with Crippen LogP contribution in [-0.4, -0.2) is 25.5 Å². The lowest BCUT2D eigenvalue weighted by Crippen LogP contribution is -2.38. The van der Waals surface area contributed by atoms with Gasteiger partial charge in [-0.1, -0.05) is 19.8 Å². The molecule has 4 nitrogen and oxygen atoms in total. The van der Waals surface area contributed by atoms with Crippen LogP contribution in [0, 0.1) is 5.41 Å². The molecule has 14 heavy (non-hydrogen) atoms. The van der Waals surface area contributed by atoms with Gasteiger partial charge in [0, 0.05) is 6.54 Å². The summed E-state index contributed by atoms with van der Waals surface area (Å²) in [5.74, 6) is -1.45. The molecule has 0 aromatic carbocycles. The largest absolute Gasteiger partial charge is 0.462 e. The number of ether oxygens (including phenoxy) is 1. The molecule has 1 N–H and O–H groups in total. The van der Waals surface area contributed by atoms with Crippen LogP contribution in [0.3, 0.4) is 0 Å². The average Bonchev–Trinajstić information content (AvgIpc) is 2.61. The van der Waals surface area contributed by atoms with Crippen molar-refractivity contribution in [3.8, 4) is 0 Å². The molecule has 0 spiro atoms. The second-order valence-corrected chi connectivity index (χ2v) is 4.19. The van der Waals surface area contributed by atoms with Gasteiger partial charge in [0.05, 0.1) is 7.11 Å². The molecule has 0 unspecified atom stereocenters. The first-order valence-electron chi connectivity index (χ1n) is 4.93. The van der Waals surface area contributed by atoms with Crippen LogP contribution >= 0.6 is 0 Å². The smallest absolute Gasteiger partial charge is 0.396 e. The maximum Gasteiger partial charge on any atom is 0.396 e. The van der Waals surface area contributed by atoms with Crippen molar-refractivity contribution in [2.45, 2.75) is 32.6 Å². The van der Waals surface area contributed by atoms with Crippen molar-refractivity contribution in [3.05, 3.63) is 0 Å². The number of methoxy groups -OCH3 is 1. The molecule has 0 heterocycles. The Labute approximate surface area is 84.0 Å². The lowest BCUT2D eigenvalue weighted by atomic mass is 9.89. The van der Waals surface area contributed by atoms with Crippen molar-refractivity contribution >= 4 is 11.9 Å². The van der Waals surface area contributed by atoms with Crippen molar-refractivity contribution in [1.82, 2.24) is 5.32 Å². The van der Waals surface area contributed by atoms with Gasteiger partial charge in [0.15, 0.2) is 0 Å². The fourth-order valence-electron chi connectivity index (χ4n) is 1.86. The molecule has 0 aromatic heterocycles. The number of rotatable bonds is 2. The lowest BCUT2D eigenvalue weighted by molar-refractivity contribution is -0.152. The van der Waals surface area contributed by atoms with Gasteiger partial charge in [-0.2, -0.15) is 0 Å². The molecule has 1 amide bonds. The van der Waals surface area contributed by atoms with E-state index < -0.39 is 11.9 Å². The predicted molar refractivity (Wildman–Crippen MR) is 51.6 cm³/mol. The van der Waals surface area contributed by atoms with Crippen LogP contribution < -0.4 is 5.32 Å². The topological polar surface area (TPSA) is 55.4 Å². The molecule has 1 fully saturated rings. The minimum absolute atomic E-state index is 0.170. The van der Waals surface area contributed by atoms with E-state index in [1.165, 1.54) is 20.0 Å². The van der Waals surface area contributed by atoms with E-state index in [2.05, 4.69) is 17.0 Å². The Morgan fingerprint density at radius 1 is 1.36 bits per heavy atom. The molecule has 1 saturated carbocycles. The lowest BCUT2D eigenvalue weighted by Gasteiger charge is -2.23. The number of carbonyl (C=O) groups excluding carboxylic acids is 2. The molecule has 4 heteroatoms. The highest BCUT2D eigenvalue weighted by Crippen LogP contribution is 2.36. The highest BCUT2D eigenvalue weighted by molar-refractivity contribution is 6.32. The first-order chi connectivity index (χ1) is 6.57. The summed E-state index contributed by atoms with van der Waals surface area (Å²) in [4.78, 5) is 21.9. The molecule has 0 atom stereocenters. The van der Waals surface area contributed by atoms with E-state index >= 15 is 0 Å². The van der Waals surface area contributed by atoms with Crippen LogP contribution in [0.25, 0.3) is 0 Å². The predicted octanol–water partition coefficient (Wildman–Crippen LogP) is 0.856. The van der Waals surface area contributed by atoms with Crippen LogP contribution in [0.1, 0.15) is 32.6 Å². The molecular formula is C10H17NO3. The van der Waals surface area contributed by atoms with Crippen molar-refractivity contribution in [3.63, 3.8) is 0 Å². The van der Waals surface area contributed by atoms with Crippen molar-refractivity contribution in [2.75, 3.05) is 13.7 Å². The second kappa shape index (κ2) is 4.44. The Morgan fingerprint density at radius 2 is 1.93 bits per heavy atom. The molecule has 0 saturated heterocycles. The molecule has 1 aliphatic carbocycles. The number of hydrogen-bond donors (Lipinski definition) is 1. The van der Waals surface area contributed by atoms with E-state index in [0.717, 1.165) is 12.8 Å². The Kier molecular flexibility index (Phi) is 3.49. The van der Waals surface area contributed by atoms with Gasteiger partial charge in [-0.05, 0) is 18.3 Å². The number of nitrogens with one attached hydrogen (secondary N) is 1. The fourth-order valence-corrected chi connectivity index (χ4v) is 1.86. The minimum Gasteiger partial charge on any atom is -0.462 e. The second-order valence-electron chi connectivity index (χ2n) is 4.19. The van der Waals surface area contributed by atoms with Gasteiger partial charge in [-0.15, -0.1) is 0 Å². The number of hydrogen-bond acceptors (Lipinski definition) is 3. The summed E-state index contributed by atoms with van der Waals surface area (Å²) in [7, 11) is 1.21. The molecule has 1 aliphatic rings. The van der Waals surface area contributed by atoms with Gasteiger partial charge < -0.3 is 10.1 Å². The molecule has 0 bridgehead atoms. The Hall–Kier alpha value is -1.06. The third kappa shape index (κ3) is 2.72. The van der Waals surface area contributed by atoms with Gasteiger partial charge in [0.25, 0.3) is 0 Å². The van der Waals surface area contributed by atoms with Crippen LogP contribution in [0.2, 0.25) is 0 Å². The summed E-state index contributed by atoms with van der Waals surface area (Å²) in [6.45, 7) is 2.71. The number of amides is 1. The standard InChI is InChI=1S/C10H17NO3/c1-10(5-3-4-6-10)7-11-8(12)9(13)14-2/h3-7H2,1-2H3,(H,11,12). The quantitative estimate of drug-likeness (QED) is 0.530. The van der Waals surface area contributed by atoms with Gasteiger partial charge in [-0.3, -0.25) is 4.79 Å². The molecule has 0 radical (unpaired) electrons.